The highest BCUT2D eigenvalue weighted by atomic mass is 79.9. The van der Waals surface area contributed by atoms with E-state index in [2.05, 4.69) is 21.9 Å². The second kappa shape index (κ2) is 5.67. The van der Waals surface area contributed by atoms with Crippen LogP contribution in [0.15, 0.2) is 16.6 Å². The molecule has 0 heterocycles. The van der Waals surface area contributed by atoms with E-state index in [0.29, 0.717) is 6.42 Å². The van der Waals surface area contributed by atoms with Crippen LogP contribution < -0.4 is 9.47 Å². The first-order valence-corrected chi connectivity index (χ1v) is 5.36. The standard InChI is InChI=1S/C12H13BrO2/c1-4-5-6-9-7-10(13)8-11(14-2)12(9)15-3/h1,7-8H,5-6H2,2-3H3. The highest BCUT2D eigenvalue weighted by Crippen LogP contribution is 2.35. The van der Waals surface area contributed by atoms with Crippen LogP contribution in [-0.4, -0.2) is 14.2 Å². The van der Waals surface area contributed by atoms with E-state index in [-0.39, 0.29) is 0 Å². The third-order valence-corrected chi connectivity index (χ3v) is 2.52. The number of rotatable bonds is 4. The fourth-order valence-electron chi connectivity index (χ4n) is 1.40. The lowest BCUT2D eigenvalue weighted by Gasteiger charge is -2.12. The Hall–Kier alpha value is -1.14. The van der Waals surface area contributed by atoms with E-state index >= 15 is 0 Å². The molecule has 0 atom stereocenters. The Kier molecular flexibility index (Phi) is 4.51. The summed E-state index contributed by atoms with van der Waals surface area (Å²) in [7, 11) is 3.25. The van der Waals surface area contributed by atoms with Gasteiger partial charge in [-0.05, 0) is 18.6 Å². The van der Waals surface area contributed by atoms with Crippen LogP contribution in [0.4, 0.5) is 0 Å². The molecule has 0 spiro atoms. The van der Waals surface area contributed by atoms with Gasteiger partial charge in [-0.3, -0.25) is 0 Å². The molecule has 0 radical (unpaired) electrons. The van der Waals surface area contributed by atoms with Crippen molar-refractivity contribution in [2.75, 3.05) is 14.2 Å². The number of methoxy groups -OCH3 is 2. The number of hydrogen-bond donors (Lipinski definition) is 0. The molecule has 0 saturated heterocycles. The maximum Gasteiger partial charge on any atom is 0.164 e. The normalized spacial score (nSPS) is 9.47. The zero-order valence-electron chi connectivity index (χ0n) is 8.84. The SMILES string of the molecule is C#CCCc1cc(Br)cc(OC)c1OC. The van der Waals surface area contributed by atoms with Crippen molar-refractivity contribution >= 4 is 15.9 Å². The predicted octanol–water partition coefficient (Wildman–Crippen LogP) is 3.03. The number of halogens is 1. The minimum absolute atomic E-state index is 0.690. The molecule has 0 unspecified atom stereocenters. The highest BCUT2D eigenvalue weighted by molar-refractivity contribution is 9.10. The summed E-state index contributed by atoms with van der Waals surface area (Å²) in [4.78, 5) is 0. The lowest BCUT2D eigenvalue weighted by molar-refractivity contribution is 0.351. The van der Waals surface area contributed by atoms with Gasteiger partial charge in [0.15, 0.2) is 11.5 Å². The number of terminal acetylenes is 1. The summed E-state index contributed by atoms with van der Waals surface area (Å²) in [6.07, 6.45) is 6.72. The van der Waals surface area contributed by atoms with Crippen LogP contribution in [-0.2, 0) is 6.42 Å². The summed E-state index contributed by atoms with van der Waals surface area (Å²) in [5, 5.41) is 0. The Labute approximate surface area is 98.7 Å². The van der Waals surface area contributed by atoms with Crippen molar-refractivity contribution in [3.05, 3.63) is 22.2 Å². The average Bonchev–Trinajstić information content (AvgIpc) is 2.25. The van der Waals surface area contributed by atoms with Crippen molar-refractivity contribution in [1.82, 2.24) is 0 Å². The lowest BCUT2D eigenvalue weighted by Crippen LogP contribution is -1.96. The smallest absolute Gasteiger partial charge is 0.164 e. The second-order valence-corrected chi connectivity index (χ2v) is 3.92. The summed E-state index contributed by atoms with van der Waals surface area (Å²) < 4.78 is 11.5. The first-order chi connectivity index (χ1) is 7.22. The monoisotopic (exact) mass is 268 g/mol. The third-order valence-electron chi connectivity index (χ3n) is 2.06. The Morgan fingerprint density at radius 1 is 1.33 bits per heavy atom. The van der Waals surface area contributed by atoms with Crippen molar-refractivity contribution in [3.8, 4) is 23.8 Å². The minimum Gasteiger partial charge on any atom is -0.493 e. The molecule has 0 saturated carbocycles. The van der Waals surface area contributed by atoms with Crippen molar-refractivity contribution in [2.45, 2.75) is 12.8 Å². The minimum atomic E-state index is 0.690. The van der Waals surface area contributed by atoms with Crippen LogP contribution in [0.3, 0.4) is 0 Å². The van der Waals surface area contributed by atoms with Gasteiger partial charge in [0.25, 0.3) is 0 Å². The molecule has 0 bridgehead atoms. The zero-order chi connectivity index (χ0) is 11.3. The number of ether oxygens (including phenoxy) is 2. The van der Waals surface area contributed by atoms with E-state index < -0.39 is 0 Å². The van der Waals surface area contributed by atoms with Gasteiger partial charge in [-0.1, -0.05) is 15.9 Å². The van der Waals surface area contributed by atoms with Crippen molar-refractivity contribution in [3.63, 3.8) is 0 Å². The van der Waals surface area contributed by atoms with Crippen LogP contribution in [0.5, 0.6) is 11.5 Å². The Bertz CT molecular complexity index is 380. The van der Waals surface area contributed by atoms with Gasteiger partial charge in [0, 0.05) is 16.5 Å². The van der Waals surface area contributed by atoms with Crippen molar-refractivity contribution < 1.29 is 9.47 Å². The third kappa shape index (κ3) is 2.90. The van der Waals surface area contributed by atoms with Gasteiger partial charge >= 0.3 is 0 Å². The number of benzene rings is 1. The van der Waals surface area contributed by atoms with E-state index in [9.17, 15) is 0 Å². The fourth-order valence-corrected chi connectivity index (χ4v) is 1.88. The Morgan fingerprint density at radius 3 is 2.60 bits per heavy atom. The second-order valence-electron chi connectivity index (χ2n) is 3.00. The molecular weight excluding hydrogens is 256 g/mol. The molecule has 0 N–H and O–H groups in total. The molecular formula is C12H13BrO2. The molecule has 2 nitrogen and oxygen atoms in total. The van der Waals surface area contributed by atoms with Gasteiger partial charge in [0.05, 0.1) is 14.2 Å². The van der Waals surface area contributed by atoms with Crippen LogP contribution >= 0.6 is 15.9 Å². The predicted molar refractivity (Wildman–Crippen MR) is 64.4 cm³/mol. The molecule has 3 heteroatoms. The molecule has 15 heavy (non-hydrogen) atoms. The van der Waals surface area contributed by atoms with Gasteiger partial charge in [-0.25, -0.2) is 0 Å². The van der Waals surface area contributed by atoms with Crippen LogP contribution in [0.2, 0.25) is 0 Å². The quantitative estimate of drug-likeness (QED) is 0.782. The molecule has 80 valence electrons. The van der Waals surface area contributed by atoms with E-state index in [1.807, 2.05) is 12.1 Å². The molecule has 0 aliphatic rings. The van der Waals surface area contributed by atoms with Gasteiger partial charge < -0.3 is 9.47 Å². The van der Waals surface area contributed by atoms with Gasteiger partial charge in [0.2, 0.25) is 0 Å². The number of hydrogen-bond acceptors (Lipinski definition) is 2. The molecule has 0 amide bonds. The zero-order valence-corrected chi connectivity index (χ0v) is 10.4. The average molecular weight is 269 g/mol. The van der Waals surface area contributed by atoms with E-state index in [4.69, 9.17) is 15.9 Å². The van der Waals surface area contributed by atoms with Crippen LogP contribution in [0.25, 0.3) is 0 Å². The first-order valence-electron chi connectivity index (χ1n) is 4.56. The fraction of sp³-hybridized carbons (Fsp3) is 0.333. The van der Waals surface area contributed by atoms with Crippen molar-refractivity contribution in [2.24, 2.45) is 0 Å². The molecule has 0 fully saturated rings. The molecule has 0 aliphatic carbocycles. The van der Waals surface area contributed by atoms with E-state index in [0.717, 1.165) is 28.0 Å². The first kappa shape index (κ1) is 11.9. The molecule has 1 rings (SSSR count). The summed E-state index contributed by atoms with van der Waals surface area (Å²) >= 11 is 3.42. The van der Waals surface area contributed by atoms with E-state index in [1.54, 1.807) is 14.2 Å². The number of aryl methyl sites for hydroxylation is 1. The van der Waals surface area contributed by atoms with Crippen LogP contribution in [0.1, 0.15) is 12.0 Å². The summed E-state index contributed by atoms with van der Waals surface area (Å²) in [6, 6.07) is 3.87. The molecule has 1 aromatic rings. The largest absolute Gasteiger partial charge is 0.493 e. The lowest BCUT2D eigenvalue weighted by atomic mass is 10.1. The van der Waals surface area contributed by atoms with Gasteiger partial charge in [0.1, 0.15) is 0 Å². The topological polar surface area (TPSA) is 18.5 Å². The molecule has 0 aliphatic heterocycles. The maximum absolute atomic E-state index is 5.30. The Morgan fingerprint density at radius 2 is 2.07 bits per heavy atom. The summed E-state index contributed by atoms with van der Waals surface area (Å²) in [5.74, 6) is 4.09. The summed E-state index contributed by atoms with van der Waals surface area (Å²) in [5.41, 5.74) is 1.06. The summed E-state index contributed by atoms with van der Waals surface area (Å²) in [6.45, 7) is 0. The maximum atomic E-state index is 5.30. The van der Waals surface area contributed by atoms with Gasteiger partial charge in [-0.15, -0.1) is 12.3 Å². The van der Waals surface area contributed by atoms with E-state index in [1.165, 1.54) is 0 Å². The molecule has 1 aromatic carbocycles. The van der Waals surface area contributed by atoms with Crippen molar-refractivity contribution in [1.29, 1.82) is 0 Å². The van der Waals surface area contributed by atoms with Crippen LogP contribution in [0, 0.1) is 12.3 Å². The highest BCUT2D eigenvalue weighted by Gasteiger charge is 2.10. The van der Waals surface area contributed by atoms with Gasteiger partial charge in [-0.2, -0.15) is 0 Å². The molecule has 0 aromatic heterocycles. The Balaban J connectivity index is 3.11.